The van der Waals surface area contributed by atoms with E-state index in [2.05, 4.69) is 25.3 Å². The van der Waals surface area contributed by atoms with Gasteiger partial charge in [-0.15, -0.1) is 0 Å². The number of aliphatic hydroxyl groups excluding tert-OH is 2. The number of carbonyl (C=O) groups is 1. The number of ether oxygens (including phenoxy) is 3. The topological polar surface area (TPSA) is 138 Å². The summed E-state index contributed by atoms with van der Waals surface area (Å²) in [5.74, 6) is -0.110. The molecule has 2 heterocycles. The van der Waals surface area contributed by atoms with E-state index in [9.17, 15) is 25.2 Å². The second-order valence-electron chi connectivity index (χ2n) is 15.5. The molecule has 1 aromatic rings. The molecule has 0 spiro atoms. The summed E-state index contributed by atoms with van der Waals surface area (Å²) in [6.45, 7) is 4.90. The first kappa shape index (κ1) is 32.4. The van der Waals surface area contributed by atoms with Crippen LogP contribution < -0.4 is 0 Å². The molecule has 6 aliphatic rings. The molecule has 46 heavy (non-hydrogen) atoms. The number of hydrogen-bond acceptors (Lipinski definition) is 9. The van der Waals surface area contributed by atoms with E-state index in [0.29, 0.717) is 51.7 Å². The first-order valence-electron chi connectivity index (χ1n) is 17.5. The minimum Gasteiger partial charge on any atom is -0.458 e. The van der Waals surface area contributed by atoms with Gasteiger partial charge in [-0.2, -0.15) is 0 Å². The molecule has 7 rings (SSSR count). The molecule has 2 aliphatic heterocycles. The molecular weight excluding hydrogens is 586 g/mol. The van der Waals surface area contributed by atoms with E-state index in [1.165, 1.54) is 5.56 Å². The maximum Gasteiger partial charge on any atom is 0.331 e. The SMILES string of the molecule is C[C@@H]1O[C@@H](O[C@@H]2CC[C@]3(C=NCCc4ccccc4)[C@H]4CC[C@]5(C)[C@@H](C6=CC(=O)OC6)CC[C@@]5(O)[C@@H]4CC[C@]3(O)C2)C[C@@H](O)[C@@H]1O. The van der Waals surface area contributed by atoms with Gasteiger partial charge in [0, 0.05) is 42.5 Å². The summed E-state index contributed by atoms with van der Waals surface area (Å²) in [5.41, 5.74) is -0.707. The Morgan fingerprint density at radius 3 is 2.54 bits per heavy atom. The highest BCUT2D eigenvalue weighted by Crippen LogP contribution is 2.70. The standard InChI is InChI=1S/C37H51NO8/c1-23-33(41)30(39)19-32(45-23)46-26-8-14-35(22-38-17-12-24-6-4-3-5-7-24)28-9-13-34(2)27(25-18-31(40)44-21-25)11-16-37(34,43)29(28)10-15-36(35,42)20-26/h3-7,18,22-23,26-30,32-33,39,41-43H,8-17,19-21H2,1-2H3/t23-,26+,27+,28-,29+,30+,32-,33+,34+,35-,36-,37+/m0/s1. The van der Waals surface area contributed by atoms with Gasteiger partial charge >= 0.3 is 5.97 Å². The predicted octanol–water partition coefficient (Wildman–Crippen LogP) is 3.89. The molecule has 0 amide bonds. The number of rotatable bonds is 7. The number of esters is 1. The lowest BCUT2D eigenvalue weighted by Gasteiger charge is -2.66. The molecule has 0 radical (unpaired) electrons. The molecule has 9 heteroatoms. The third-order valence-corrected chi connectivity index (χ3v) is 13.3. The lowest BCUT2D eigenvalue weighted by atomic mass is 9.41. The van der Waals surface area contributed by atoms with Gasteiger partial charge in [0.05, 0.1) is 29.5 Å². The van der Waals surface area contributed by atoms with E-state index in [1.54, 1.807) is 13.0 Å². The van der Waals surface area contributed by atoms with Gasteiger partial charge in [-0.3, -0.25) is 4.99 Å². The summed E-state index contributed by atoms with van der Waals surface area (Å²) in [6, 6.07) is 10.3. The second-order valence-corrected chi connectivity index (χ2v) is 15.5. The van der Waals surface area contributed by atoms with Gasteiger partial charge in [0.15, 0.2) is 6.29 Å². The molecule has 0 unspecified atom stereocenters. The fraction of sp³-hybridized carbons (Fsp3) is 0.730. The molecule has 12 atom stereocenters. The first-order valence-corrected chi connectivity index (χ1v) is 17.5. The summed E-state index contributed by atoms with van der Waals surface area (Å²) in [5, 5.41) is 46.0. The molecular formula is C37H51NO8. The van der Waals surface area contributed by atoms with Crippen LogP contribution in [0.1, 0.15) is 83.6 Å². The van der Waals surface area contributed by atoms with Crippen molar-refractivity contribution in [3.8, 4) is 0 Å². The number of benzene rings is 1. The van der Waals surface area contributed by atoms with Crippen LogP contribution in [0, 0.1) is 28.6 Å². The summed E-state index contributed by atoms with van der Waals surface area (Å²) >= 11 is 0. The lowest BCUT2D eigenvalue weighted by molar-refractivity contribution is -0.282. The monoisotopic (exact) mass is 637 g/mol. The normalized spacial score (nSPS) is 47.2. The number of fused-ring (bicyclic) bond motifs is 5. The maximum absolute atomic E-state index is 12.7. The van der Waals surface area contributed by atoms with Crippen LogP contribution in [0.15, 0.2) is 47.0 Å². The van der Waals surface area contributed by atoms with E-state index < -0.39 is 41.2 Å². The van der Waals surface area contributed by atoms with Gasteiger partial charge in [-0.1, -0.05) is 37.3 Å². The van der Waals surface area contributed by atoms with Crippen LogP contribution in [0.25, 0.3) is 0 Å². The lowest BCUT2D eigenvalue weighted by Crippen LogP contribution is -2.69. The fourth-order valence-electron chi connectivity index (χ4n) is 10.9. The number of hydrogen-bond donors (Lipinski definition) is 4. The third-order valence-electron chi connectivity index (χ3n) is 13.3. The van der Waals surface area contributed by atoms with Crippen molar-refractivity contribution in [1.82, 2.24) is 0 Å². The minimum absolute atomic E-state index is 0.00681. The van der Waals surface area contributed by atoms with Crippen molar-refractivity contribution >= 4 is 12.2 Å². The van der Waals surface area contributed by atoms with Crippen LogP contribution in [0.2, 0.25) is 0 Å². The average Bonchev–Trinajstić information content (AvgIpc) is 3.58. The predicted molar refractivity (Wildman–Crippen MR) is 171 cm³/mol. The van der Waals surface area contributed by atoms with Crippen molar-refractivity contribution < 1.29 is 39.4 Å². The van der Waals surface area contributed by atoms with Crippen molar-refractivity contribution in [2.75, 3.05) is 13.2 Å². The molecule has 5 fully saturated rings. The number of carbonyl (C=O) groups excluding carboxylic acids is 1. The summed E-state index contributed by atoms with van der Waals surface area (Å²) < 4.78 is 17.6. The van der Waals surface area contributed by atoms with E-state index in [4.69, 9.17) is 19.2 Å². The van der Waals surface area contributed by atoms with Gasteiger partial charge in [0.2, 0.25) is 0 Å². The Labute approximate surface area is 272 Å². The Kier molecular flexibility index (Phi) is 8.51. The van der Waals surface area contributed by atoms with Crippen molar-refractivity contribution in [1.29, 1.82) is 0 Å². The molecule has 4 saturated carbocycles. The van der Waals surface area contributed by atoms with Crippen LogP contribution in [-0.2, 0) is 25.4 Å². The van der Waals surface area contributed by atoms with Crippen LogP contribution in [0.3, 0.4) is 0 Å². The Balaban J connectivity index is 1.16. The molecule has 0 aromatic heterocycles. The van der Waals surface area contributed by atoms with Crippen molar-refractivity contribution in [3.05, 3.63) is 47.5 Å². The summed E-state index contributed by atoms with van der Waals surface area (Å²) in [4.78, 5) is 17.0. The maximum atomic E-state index is 12.7. The highest BCUT2D eigenvalue weighted by Gasteiger charge is 2.71. The molecule has 9 nitrogen and oxygen atoms in total. The van der Waals surface area contributed by atoms with Crippen molar-refractivity contribution in [2.24, 2.45) is 33.6 Å². The Morgan fingerprint density at radius 1 is 1.02 bits per heavy atom. The van der Waals surface area contributed by atoms with E-state index in [0.717, 1.165) is 31.3 Å². The van der Waals surface area contributed by atoms with Gasteiger partial charge in [0.25, 0.3) is 0 Å². The zero-order chi connectivity index (χ0) is 32.3. The molecule has 252 valence electrons. The van der Waals surface area contributed by atoms with E-state index >= 15 is 0 Å². The molecule has 0 bridgehead atoms. The van der Waals surface area contributed by atoms with Gasteiger partial charge < -0.3 is 34.6 Å². The van der Waals surface area contributed by atoms with Crippen molar-refractivity contribution in [3.63, 3.8) is 0 Å². The number of aliphatic hydroxyl groups is 4. The zero-order valence-electron chi connectivity index (χ0n) is 27.2. The van der Waals surface area contributed by atoms with Crippen molar-refractivity contribution in [2.45, 2.75) is 126 Å². The smallest absolute Gasteiger partial charge is 0.331 e. The molecule has 1 aromatic carbocycles. The Hall–Kier alpha value is -2.14. The summed E-state index contributed by atoms with van der Waals surface area (Å²) in [6.07, 6.45) is 7.68. The number of cyclic esters (lactones) is 1. The van der Waals surface area contributed by atoms with Gasteiger partial charge in [-0.05, 0) is 93.6 Å². The Morgan fingerprint density at radius 2 is 1.80 bits per heavy atom. The second kappa shape index (κ2) is 12.1. The minimum atomic E-state index is -1.07. The van der Waals surface area contributed by atoms with Crippen LogP contribution in [-0.4, -0.2) is 87.7 Å². The quantitative estimate of drug-likeness (QED) is 0.201. The largest absolute Gasteiger partial charge is 0.458 e. The van der Waals surface area contributed by atoms with Gasteiger partial charge in [-0.25, -0.2) is 4.79 Å². The molecule has 1 saturated heterocycles. The Bertz CT molecular complexity index is 1340. The molecule has 4 N–H and O–H groups in total. The van der Waals surface area contributed by atoms with E-state index in [1.807, 2.05) is 18.2 Å². The zero-order valence-corrected chi connectivity index (χ0v) is 27.2. The summed E-state index contributed by atoms with van der Waals surface area (Å²) in [7, 11) is 0. The number of aliphatic imine (C=N–C) groups is 1. The average molecular weight is 638 g/mol. The first-order chi connectivity index (χ1) is 22.0. The van der Waals surface area contributed by atoms with Gasteiger partial charge in [0.1, 0.15) is 12.7 Å². The van der Waals surface area contributed by atoms with Crippen LogP contribution >= 0.6 is 0 Å². The number of nitrogens with zero attached hydrogens (tertiary/aromatic N) is 1. The van der Waals surface area contributed by atoms with Crippen LogP contribution in [0.4, 0.5) is 0 Å². The fourth-order valence-corrected chi connectivity index (χ4v) is 10.9. The van der Waals surface area contributed by atoms with Crippen LogP contribution in [0.5, 0.6) is 0 Å². The highest BCUT2D eigenvalue weighted by atomic mass is 16.7. The van der Waals surface area contributed by atoms with E-state index in [-0.39, 0.29) is 41.7 Å². The highest BCUT2D eigenvalue weighted by molar-refractivity contribution is 5.85. The third kappa shape index (κ3) is 5.21. The molecule has 4 aliphatic carbocycles.